The molecular formula is C18H22N6O. The van der Waals surface area contributed by atoms with E-state index in [0.29, 0.717) is 12.1 Å². The zero-order valence-corrected chi connectivity index (χ0v) is 14.8. The Hall–Kier alpha value is -2.70. The lowest BCUT2D eigenvalue weighted by Gasteiger charge is -2.17. The van der Waals surface area contributed by atoms with Crippen molar-refractivity contribution in [1.82, 2.24) is 29.7 Å². The quantitative estimate of drug-likeness (QED) is 0.772. The molecule has 0 aromatic carbocycles. The Morgan fingerprint density at radius 2 is 2.12 bits per heavy atom. The topological polar surface area (TPSA) is 77.1 Å². The highest BCUT2D eigenvalue weighted by molar-refractivity contribution is 5.95. The molecule has 3 heterocycles. The number of hydrogen-bond acceptors (Lipinski definition) is 4. The van der Waals surface area contributed by atoms with Gasteiger partial charge in [0.15, 0.2) is 5.65 Å². The minimum absolute atomic E-state index is 0.0953. The van der Waals surface area contributed by atoms with E-state index < -0.39 is 0 Å². The van der Waals surface area contributed by atoms with E-state index in [9.17, 15) is 4.79 Å². The van der Waals surface area contributed by atoms with Crippen molar-refractivity contribution in [3.63, 3.8) is 0 Å². The Bertz CT molecular complexity index is 950. The molecule has 7 nitrogen and oxygen atoms in total. The van der Waals surface area contributed by atoms with E-state index in [1.54, 1.807) is 16.9 Å². The largest absolute Gasteiger partial charge is 0.351 e. The van der Waals surface area contributed by atoms with Gasteiger partial charge in [-0.1, -0.05) is 0 Å². The fourth-order valence-electron chi connectivity index (χ4n) is 3.30. The molecule has 130 valence electrons. The van der Waals surface area contributed by atoms with Crippen molar-refractivity contribution in [1.29, 1.82) is 0 Å². The summed E-state index contributed by atoms with van der Waals surface area (Å²) >= 11 is 0. The van der Waals surface area contributed by atoms with Crippen molar-refractivity contribution in [2.24, 2.45) is 5.41 Å². The number of fused-ring (bicyclic) bond motifs is 1. The summed E-state index contributed by atoms with van der Waals surface area (Å²) in [5, 5.41) is 11.8. The number of amides is 1. The Morgan fingerprint density at radius 3 is 2.80 bits per heavy atom. The van der Waals surface area contributed by atoms with Gasteiger partial charge in [0.1, 0.15) is 0 Å². The van der Waals surface area contributed by atoms with Crippen molar-refractivity contribution in [2.75, 3.05) is 6.54 Å². The van der Waals surface area contributed by atoms with Crippen molar-refractivity contribution in [3.8, 4) is 0 Å². The molecule has 1 amide bonds. The predicted octanol–water partition coefficient (Wildman–Crippen LogP) is 2.06. The summed E-state index contributed by atoms with van der Waals surface area (Å²) in [7, 11) is 0. The maximum Gasteiger partial charge on any atom is 0.254 e. The molecule has 0 bridgehead atoms. The van der Waals surface area contributed by atoms with Crippen molar-refractivity contribution >= 4 is 11.6 Å². The van der Waals surface area contributed by atoms with Gasteiger partial charge in [0.25, 0.3) is 5.91 Å². The van der Waals surface area contributed by atoms with Crippen LogP contribution in [0.15, 0.2) is 24.5 Å². The Morgan fingerprint density at radius 1 is 1.32 bits per heavy atom. The van der Waals surface area contributed by atoms with Crippen LogP contribution in [0.5, 0.6) is 0 Å². The molecule has 0 atom stereocenters. The molecule has 1 aliphatic rings. The first-order valence-electron chi connectivity index (χ1n) is 8.56. The van der Waals surface area contributed by atoms with Gasteiger partial charge in [0.05, 0.1) is 23.1 Å². The van der Waals surface area contributed by atoms with E-state index in [-0.39, 0.29) is 11.3 Å². The lowest BCUT2D eigenvalue weighted by molar-refractivity contribution is 0.0940. The van der Waals surface area contributed by atoms with Gasteiger partial charge >= 0.3 is 0 Å². The predicted molar refractivity (Wildman–Crippen MR) is 93.4 cm³/mol. The Kier molecular flexibility index (Phi) is 3.59. The van der Waals surface area contributed by atoms with E-state index in [1.165, 1.54) is 5.69 Å². The van der Waals surface area contributed by atoms with Crippen LogP contribution in [0.2, 0.25) is 0 Å². The monoisotopic (exact) mass is 338 g/mol. The van der Waals surface area contributed by atoms with E-state index in [0.717, 1.165) is 36.4 Å². The molecule has 3 aromatic heterocycles. The summed E-state index contributed by atoms with van der Waals surface area (Å²) in [5.74, 6) is -0.0953. The first-order chi connectivity index (χ1) is 12.0. The smallest absolute Gasteiger partial charge is 0.254 e. The molecular weight excluding hydrogens is 316 g/mol. The summed E-state index contributed by atoms with van der Waals surface area (Å²) < 4.78 is 3.74. The minimum atomic E-state index is -0.0953. The SMILES string of the molecule is Cc1cc(C)n(CC2(CNC(=O)c3cnc4ccnn4c3C)CC2)n1. The second-order valence-corrected chi connectivity index (χ2v) is 7.13. The summed E-state index contributed by atoms with van der Waals surface area (Å²) in [6.07, 6.45) is 5.54. The summed E-state index contributed by atoms with van der Waals surface area (Å²) in [4.78, 5) is 16.9. The van der Waals surface area contributed by atoms with Gasteiger partial charge in [-0.05, 0) is 39.7 Å². The molecule has 0 aliphatic heterocycles. The highest BCUT2D eigenvalue weighted by atomic mass is 16.1. The maximum absolute atomic E-state index is 12.6. The second-order valence-electron chi connectivity index (χ2n) is 7.13. The van der Waals surface area contributed by atoms with E-state index >= 15 is 0 Å². The number of aromatic nitrogens is 5. The fourth-order valence-corrected chi connectivity index (χ4v) is 3.30. The number of rotatable bonds is 5. The Labute approximate surface area is 146 Å². The lowest BCUT2D eigenvalue weighted by Crippen LogP contribution is -2.33. The van der Waals surface area contributed by atoms with Gasteiger partial charge in [-0.15, -0.1) is 0 Å². The molecule has 0 saturated heterocycles. The van der Waals surface area contributed by atoms with Gasteiger partial charge in [-0.3, -0.25) is 9.48 Å². The summed E-state index contributed by atoms with van der Waals surface area (Å²) in [6.45, 7) is 7.47. The molecule has 0 unspecified atom stereocenters. The summed E-state index contributed by atoms with van der Waals surface area (Å²) in [6, 6.07) is 3.91. The highest BCUT2D eigenvalue weighted by Gasteiger charge is 2.43. The number of hydrogen-bond donors (Lipinski definition) is 1. The molecule has 25 heavy (non-hydrogen) atoms. The highest BCUT2D eigenvalue weighted by Crippen LogP contribution is 2.46. The molecule has 3 aromatic rings. The van der Waals surface area contributed by atoms with E-state index in [2.05, 4.69) is 38.2 Å². The third-order valence-electron chi connectivity index (χ3n) is 5.07. The van der Waals surface area contributed by atoms with Crippen molar-refractivity contribution in [3.05, 3.63) is 47.2 Å². The van der Waals surface area contributed by atoms with Crippen LogP contribution in [0.25, 0.3) is 5.65 Å². The number of nitrogens with zero attached hydrogens (tertiary/aromatic N) is 5. The minimum Gasteiger partial charge on any atom is -0.351 e. The third kappa shape index (κ3) is 2.90. The normalized spacial score (nSPS) is 15.5. The third-order valence-corrected chi connectivity index (χ3v) is 5.07. The van der Waals surface area contributed by atoms with Gasteiger partial charge in [-0.2, -0.15) is 10.2 Å². The maximum atomic E-state index is 12.6. The van der Waals surface area contributed by atoms with Gasteiger partial charge in [0, 0.05) is 36.5 Å². The van der Waals surface area contributed by atoms with Gasteiger partial charge < -0.3 is 5.32 Å². The number of carbonyl (C=O) groups is 1. The van der Waals surface area contributed by atoms with E-state index in [1.807, 2.05) is 19.9 Å². The Balaban J connectivity index is 1.46. The average molecular weight is 338 g/mol. The summed E-state index contributed by atoms with van der Waals surface area (Å²) in [5.41, 5.74) is 4.44. The zero-order chi connectivity index (χ0) is 17.6. The fraction of sp³-hybridized carbons (Fsp3) is 0.444. The van der Waals surface area contributed by atoms with Crippen LogP contribution >= 0.6 is 0 Å². The van der Waals surface area contributed by atoms with Crippen LogP contribution in [0.1, 0.15) is 40.3 Å². The van der Waals surface area contributed by atoms with Crippen LogP contribution in [0, 0.1) is 26.2 Å². The zero-order valence-electron chi connectivity index (χ0n) is 14.8. The molecule has 0 spiro atoms. The molecule has 0 radical (unpaired) electrons. The van der Waals surface area contributed by atoms with Crippen LogP contribution in [0.4, 0.5) is 0 Å². The number of nitrogens with one attached hydrogen (secondary N) is 1. The van der Waals surface area contributed by atoms with Crippen molar-refractivity contribution in [2.45, 2.75) is 40.2 Å². The van der Waals surface area contributed by atoms with Crippen LogP contribution in [0.3, 0.4) is 0 Å². The number of aryl methyl sites for hydroxylation is 3. The van der Waals surface area contributed by atoms with E-state index in [4.69, 9.17) is 0 Å². The average Bonchev–Trinajstić information content (AvgIpc) is 3.02. The molecule has 1 N–H and O–H groups in total. The van der Waals surface area contributed by atoms with Gasteiger partial charge in [-0.25, -0.2) is 9.50 Å². The molecule has 1 fully saturated rings. The van der Waals surface area contributed by atoms with Crippen molar-refractivity contribution < 1.29 is 4.79 Å². The second kappa shape index (κ2) is 5.68. The van der Waals surface area contributed by atoms with Crippen LogP contribution in [-0.2, 0) is 6.54 Å². The lowest BCUT2D eigenvalue weighted by atomic mass is 10.1. The van der Waals surface area contributed by atoms with Crippen LogP contribution < -0.4 is 5.32 Å². The molecule has 7 heteroatoms. The first kappa shape index (κ1) is 15.8. The van der Waals surface area contributed by atoms with Crippen LogP contribution in [-0.4, -0.2) is 36.8 Å². The number of carbonyl (C=O) groups excluding carboxylic acids is 1. The molecule has 1 aliphatic carbocycles. The first-order valence-corrected chi connectivity index (χ1v) is 8.56. The molecule has 4 rings (SSSR count). The van der Waals surface area contributed by atoms with Gasteiger partial charge in [0.2, 0.25) is 0 Å². The molecule has 1 saturated carbocycles. The standard InChI is InChI=1S/C18H22N6O/c1-12-8-13(2)23(22-12)11-18(5-6-18)10-20-17(25)15-9-19-16-4-7-21-24(16)14(15)3/h4,7-9H,5-6,10-11H2,1-3H3,(H,20,25).